The quantitative estimate of drug-likeness (QED) is 0.560. The molecule has 1 N–H and O–H groups in total. The number of amides is 4. The summed E-state index contributed by atoms with van der Waals surface area (Å²) in [5.74, 6) is -0.632. The van der Waals surface area contributed by atoms with Crippen molar-refractivity contribution in [2.24, 2.45) is 0 Å². The van der Waals surface area contributed by atoms with Crippen LogP contribution in [0.1, 0.15) is 36.1 Å². The molecule has 7 nitrogen and oxygen atoms in total. The van der Waals surface area contributed by atoms with Gasteiger partial charge in [-0.2, -0.15) is 0 Å². The highest BCUT2D eigenvalue weighted by Crippen LogP contribution is 2.35. The van der Waals surface area contributed by atoms with Gasteiger partial charge in [-0.1, -0.05) is 17.7 Å². The first-order chi connectivity index (χ1) is 14.8. The Morgan fingerprint density at radius 3 is 2.19 bits per heavy atom. The Balaban J connectivity index is 2.12. The smallest absolute Gasteiger partial charge is 0.336 e. The van der Waals surface area contributed by atoms with Crippen LogP contribution in [0, 0.1) is 20.8 Å². The highest BCUT2D eigenvalue weighted by molar-refractivity contribution is 6.39. The number of ether oxygens (including phenoxy) is 2. The molecule has 0 radical (unpaired) electrons. The van der Waals surface area contributed by atoms with Crippen LogP contribution >= 0.6 is 0 Å². The zero-order valence-electron chi connectivity index (χ0n) is 18.4. The van der Waals surface area contributed by atoms with E-state index >= 15 is 0 Å². The average molecular weight is 422 g/mol. The molecule has 4 amide bonds. The number of urea groups is 1. The van der Waals surface area contributed by atoms with Crippen LogP contribution in [0.4, 0.5) is 10.5 Å². The Hall–Kier alpha value is -3.61. The van der Waals surface area contributed by atoms with Gasteiger partial charge in [0.1, 0.15) is 17.1 Å². The average Bonchev–Trinajstić information content (AvgIpc) is 2.68. The van der Waals surface area contributed by atoms with Gasteiger partial charge in [0, 0.05) is 6.07 Å². The van der Waals surface area contributed by atoms with E-state index in [1.165, 1.54) is 6.08 Å². The molecular formula is C24H26N2O5. The molecule has 31 heavy (non-hydrogen) atoms. The predicted octanol–water partition coefficient (Wildman–Crippen LogP) is 4.08. The monoisotopic (exact) mass is 422 g/mol. The molecule has 1 aliphatic heterocycles. The fourth-order valence-electron chi connectivity index (χ4n) is 3.65. The van der Waals surface area contributed by atoms with Gasteiger partial charge in [0.25, 0.3) is 11.8 Å². The summed E-state index contributed by atoms with van der Waals surface area (Å²) in [7, 11) is 0. The SMILES string of the molecule is CCOc1ccc(OCC)c(N2C(=O)NC(=O)/C(=C\c3c(C)cc(C)cc3C)C2=O)c1. The van der Waals surface area contributed by atoms with Gasteiger partial charge in [0.2, 0.25) is 0 Å². The number of benzene rings is 2. The van der Waals surface area contributed by atoms with Crippen molar-refractivity contribution >= 4 is 29.6 Å². The van der Waals surface area contributed by atoms with Crippen LogP contribution in [-0.2, 0) is 9.59 Å². The molecule has 0 bridgehead atoms. The summed E-state index contributed by atoms with van der Waals surface area (Å²) < 4.78 is 11.1. The van der Waals surface area contributed by atoms with Crippen LogP contribution in [0.15, 0.2) is 35.9 Å². The van der Waals surface area contributed by atoms with Crippen molar-refractivity contribution in [3.8, 4) is 11.5 Å². The zero-order valence-corrected chi connectivity index (χ0v) is 18.4. The van der Waals surface area contributed by atoms with Crippen molar-refractivity contribution in [2.45, 2.75) is 34.6 Å². The molecular weight excluding hydrogens is 396 g/mol. The Morgan fingerprint density at radius 2 is 1.58 bits per heavy atom. The van der Waals surface area contributed by atoms with Crippen LogP contribution in [-0.4, -0.2) is 31.1 Å². The number of nitrogens with zero attached hydrogens (tertiary/aromatic N) is 1. The summed E-state index contributed by atoms with van der Waals surface area (Å²) in [6.07, 6.45) is 1.54. The molecule has 7 heteroatoms. The van der Waals surface area contributed by atoms with Crippen LogP contribution in [0.2, 0.25) is 0 Å². The minimum atomic E-state index is -0.834. The fraction of sp³-hybridized carbons (Fsp3) is 0.292. The van der Waals surface area contributed by atoms with Crippen molar-refractivity contribution in [2.75, 3.05) is 18.1 Å². The zero-order chi connectivity index (χ0) is 22.7. The molecule has 0 atom stereocenters. The van der Waals surface area contributed by atoms with E-state index < -0.39 is 17.8 Å². The number of nitrogens with one attached hydrogen (secondary N) is 1. The van der Waals surface area contributed by atoms with E-state index in [9.17, 15) is 14.4 Å². The topological polar surface area (TPSA) is 84.9 Å². The van der Waals surface area contributed by atoms with Gasteiger partial charge in [-0.15, -0.1) is 0 Å². The van der Waals surface area contributed by atoms with E-state index in [0.717, 1.165) is 27.2 Å². The number of hydrogen-bond donors (Lipinski definition) is 1. The second-order valence-electron chi connectivity index (χ2n) is 7.27. The minimum Gasteiger partial charge on any atom is -0.494 e. The maximum absolute atomic E-state index is 13.3. The first-order valence-corrected chi connectivity index (χ1v) is 10.2. The second kappa shape index (κ2) is 9.04. The third-order valence-corrected chi connectivity index (χ3v) is 4.91. The Kier molecular flexibility index (Phi) is 6.44. The Labute approximate surface area is 181 Å². The normalized spacial score (nSPS) is 15.3. The number of carbonyl (C=O) groups excluding carboxylic acids is 3. The van der Waals surface area contributed by atoms with E-state index in [2.05, 4.69) is 5.32 Å². The summed E-state index contributed by atoms with van der Waals surface area (Å²) in [6, 6.07) is 8.02. The van der Waals surface area contributed by atoms with Crippen molar-refractivity contribution in [1.29, 1.82) is 0 Å². The highest BCUT2D eigenvalue weighted by atomic mass is 16.5. The van der Waals surface area contributed by atoms with E-state index in [-0.39, 0.29) is 11.3 Å². The van der Waals surface area contributed by atoms with E-state index in [4.69, 9.17) is 9.47 Å². The van der Waals surface area contributed by atoms with Crippen molar-refractivity contribution in [1.82, 2.24) is 5.32 Å². The lowest BCUT2D eigenvalue weighted by molar-refractivity contribution is -0.122. The maximum atomic E-state index is 13.3. The summed E-state index contributed by atoms with van der Waals surface area (Å²) in [5, 5.41) is 2.26. The molecule has 0 spiro atoms. The molecule has 3 rings (SSSR count). The molecule has 0 aromatic heterocycles. The summed E-state index contributed by atoms with van der Waals surface area (Å²) in [5.41, 5.74) is 3.81. The second-order valence-corrected chi connectivity index (χ2v) is 7.27. The molecule has 1 aliphatic rings. The largest absolute Gasteiger partial charge is 0.494 e. The molecule has 162 valence electrons. The van der Waals surface area contributed by atoms with Gasteiger partial charge in [0.15, 0.2) is 0 Å². The third kappa shape index (κ3) is 4.45. The van der Waals surface area contributed by atoms with E-state index in [1.807, 2.05) is 39.8 Å². The number of barbiturate groups is 1. The first kappa shape index (κ1) is 22.1. The van der Waals surface area contributed by atoms with Crippen molar-refractivity contribution < 1.29 is 23.9 Å². The van der Waals surface area contributed by atoms with Gasteiger partial charge in [0.05, 0.1) is 18.9 Å². The lowest BCUT2D eigenvalue weighted by Gasteiger charge is -2.28. The van der Waals surface area contributed by atoms with Crippen LogP contribution in [0.25, 0.3) is 6.08 Å². The fourth-order valence-corrected chi connectivity index (χ4v) is 3.65. The molecule has 2 aromatic rings. The first-order valence-electron chi connectivity index (χ1n) is 10.2. The number of aryl methyl sites for hydroxylation is 3. The lowest BCUT2D eigenvalue weighted by atomic mass is 9.96. The van der Waals surface area contributed by atoms with Gasteiger partial charge in [-0.3, -0.25) is 14.9 Å². The number of imide groups is 2. The standard InChI is InChI=1S/C24H26N2O5/c1-6-30-17-8-9-21(31-7-2)20(12-17)26-23(28)19(22(27)25-24(26)29)13-18-15(4)10-14(3)11-16(18)5/h8-13H,6-7H2,1-5H3,(H,25,27,29)/b19-13+. The Bertz CT molecular complexity index is 1060. The molecule has 0 unspecified atom stereocenters. The number of carbonyl (C=O) groups is 3. The van der Waals surface area contributed by atoms with Crippen LogP contribution in [0.3, 0.4) is 0 Å². The molecule has 1 heterocycles. The number of anilines is 1. The van der Waals surface area contributed by atoms with Crippen LogP contribution in [0.5, 0.6) is 11.5 Å². The van der Waals surface area contributed by atoms with Crippen molar-refractivity contribution in [3.05, 3.63) is 58.2 Å². The maximum Gasteiger partial charge on any atom is 0.336 e. The summed E-state index contributed by atoms with van der Waals surface area (Å²) in [6.45, 7) is 10.2. The van der Waals surface area contributed by atoms with E-state index in [0.29, 0.717) is 24.7 Å². The third-order valence-electron chi connectivity index (χ3n) is 4.91. The molecule has 1 fully saturated rings. The van der Waals surface area contributed by atoms with Gasteiger partial charge >= 0.3 is 6.03 Å². The lowest BCUT2D eigenvalue weighted by Crippen LogP contribution is -2.54. The summed E-state index contributed by atoms with van der Waals surface area (Å²) in [4.78, 5) is 39.5. The van der Waals surface area contributed by atoms with E-state index in [1.54, 1.807) is 25.1 Å². The number of hydrogen-bond acceptors (Lipinski definition) is 5. The molecule has 0 saturated carbocycles. The van der Waals surface area contributed by atoms with Crippen molar-refractivity contribution in [3.63, 3.8) is 0 Å². The minimum absolute atomic E-state index is 0.126. The van der Waals surface area contributed by atoms with Gasteiger partial charge < -0.3 is 9.47 Å². The predicted molar refractivity (Wildman–Crippen MR) is 118 cm³/mol. The van der Waals surface area contributed by atoms with Crippen LogP contribution < -0.4 is 19.7 Å². The molecule has 0 aliphatic carbocycles. The Morgan fingerprint density at radius 1 is 0.935 bits per heavy atom. The molecule has 2 aromatic carbocycles. The van der Waals surface area contributed by atoms with Gasteiger partial charge in [-0.25, -0.2) is 9.69 Å². The highest BCUT2D eigenvalue weighted by Gasteiger charge is 2.38. The summed E-state index contributed by atoms with van der Waals surface area (Å²) >= 11 is 0. The number of rotatable bonds is 6. The van der Waals surface area contributed by atoms with Gasteiger partial charge in [-0.05, 0) is 69.5 Å². The molecule has 1 saturated heterocycles.